The van der Waals surface area contributed by atoms with Gasteiger partial charge in [0.2, 0.25) is 0 Å². The summed E-state index contributed by atoms with van der Waals surface area (Å²) in [5.41, 5.74) is 2.39. The molecule has 0 bridgehead atoms. The normalized spacial score (nSPS) is 19.4. The molecule has 3 nitrogen and oxygen atoms in total. The highest BCUT2D eigenvalue weighted by atomic mass is 35.5. The van der Waals surface area contributed by atoms with Crippen LogP contribution in [0.5, 0.6) is 0 Å². The molecule has 1 aromatic rings. The van der Waals surface area contributed by atoms with Gasteiger partial charge < -0.3 is 15.0 Å². The molecule has 1 fully saturated rings. The molecular formula is C15H23ClN2O. The molecule has 1 aliphatic rings. The third-order valence-electron chi connectivity index (χ3n) is 3.61. The zero-order chi connectivity index (χ0) is 13.7. The average Bonchev–Trinajstić information content (AvgIpc) is 2.40. The van der Waals surface area contributed by atoms with Gasteiger partial charge in [-0.25, -0.2) is 0 Å². The molecule has 0 spiro atoms. The van der Waals surface area contributed by atoms with Crippen LogP contribution in [0.3, 0.4) is 0 Å². The Balaban J connectivity index is 2.10. The topological polar surface area (TPSA) is 24.5 Å². The fourth-order valence-corrected chi connectivity index (χ4v) is 3.09. The SMILES string of the molecule is CNCc1cccc(Cl)c1N(C)CC1CCCOC1. The van der Waals surface area contributed by atoms with Crippen molar-refractivity contribution in [1.29, 1.82) is 0 Å². The number of anilines is 1. The second-order valence-electron chi connectivity index (χ2n) is 5.24. The monoisotopic (exact) mass is 282 g/mol. The lowest BCUT2D eigenvalue weighted by Crippen LogP contribution is -2.31. The third-order valence-corrected chi connectivity index (χ3v) is 3.91. The second kappa shape index (κ2) is 7.13. The maximum absolute atomic E-state index is 6.38. The number of rotatable bonds is 5. The lowest BCUT2D eigenvalue weighted by molar-refractivity contribution is 0.0576. The van der Waals surface area contributed by atoms with Crippen LogP contribution in [0, 0.1) is 5.92 Å². The number of nitrogens with zero attached hydrogens (tertiary/aromatic N) is 1. The van der Waals surface area contributed by atoms with E-state index in [1.54, 1.807) is 0 Å². The minimum atomic E-state index is 0.609. The zero-order valence-electron chi connectivity index (χ0n) is 11.8. The number of para-hydroxylation sites is 1. The van der Waals surface area contributed by atoms with Crippen LogP contribution in [0.4, 0.5) is 5.69 Å². The van der Waals surface area contributed by atoms with Crippen molar-refractivity contribution in [3.63, 3.8) is 0 Å². The van der Waals surface area contributed by atoms with Crippen molar-refractivity contribution in [3.05, 3.63) is 28.8 Å². The number of benzene rings is 1. The Morgan fingerprint density at radius 2 is 2.32 bits per heavy atom. The first-order chi connectivity index (χ1) is 9.22. The maximum Gasteiger partial charge on any atom is 0.0642 e. The minimum Gasteiger partial charge on any atom is -0.381 e. The smallest absolute Gasteiger partial charge is 0.0642 e. The standard InChI is InChI=1S/C15H23ClN2O/c1-17-9-13-6-3-7-14(16)15(13)18(2)10-12-5-4-8-19-11-12/h3,6-7,12,17H,4-5,8-11H2,1-2H3. The van der Waals surface area contributed by atoms with E-state index in [2.05, 4.69) is 23.3 Å². The molecule has 2 rings (SSSR count). The van der Waals surface area contributed by atoms with E-state index in [0.29, 0.717) is 5.92 Å². The molecule has 1 atom stereocenters. The lowest BCUT2D eigenvalue weighted by Gasteiger charge is -2.30. The van der Waals surface area contributed by atoms with E-state index < -0.39 is 0 Å². The molecule has 0 aliphatic carbocycles. The van der Waals surface area contributed by atoms with E-state index in [4.69, 9.17) is 16.3 Å². The second-order valence-corrected chi connectivity index (χ2v) is 5.65. The van der Waals surface area contributed by atoms with Gasteiger partial charge in [0.05, 0.1) is 17.3 Å². The van der Waals surface area contributed by atoms with Gasteiger partial charge in [-0.2, -0.15) is 0 Å². The van der Waals surface area contributed by atoms with Crippen LogP contribution in [-0.2, 0) is 11.3 Å². The van der Waals surface area contributed by atoms with Gasteiger partial charge in [0.1, 0.15) is 0 Å². The van der Waals surface area contributed by atoms with Gasteiger partial charge >= 0.3 is 0 Å². The number of ether oxygens (including phenoxy) is 1. The van der Waals surface area contributed by atoms with E-state index in [-0.39, 0.29) is 0 Å². The predicted octanol–water partition coefficient (Wildman–Crippen LogP) is 2.92. The Morgan fingerprint density at radius 3 is 3.00 bits per heavy atom. The lowest BCUT2D eigenvalue weighted by atomic mass is 10.0. The summed E-state index contributed by atoms with van der Waals surface area (Å²) in [6.45, 7) is 3.62. The predicted molar refractivity (Wildman–Crippen MR) is 81.0 cm³/mol. The Bertz CT molecular complexity index is 405. The van der Waals surface area contributed by atoms with Crippen molar-refractivity contribution < 1.29 is 4.74 Å². The van der Waals surface area contributed by atoms with E-state index in [1.807, 2.05) is 19.2 Å². The van der Waals surface area contributed by atoms with E-state index in [9.17, 15) is 0 Å². The molecule has 106 valence electrons. The van der Waals surface area contributed by atoms with Crippen LogP contribution in [-0.4, -0.2) is 33.9 Å². The van der Waals surface area contributed by atoms with Crippen molar-refractivity contribution in [2.75, 3.05) is 38.8 Å². The molecule has 1 N–H and O–H groups in total. The fraction of sp³-hybridized carbons (Fsp3) is 0.600. The van der Waals surface area contributed by atoms with Gasteiger partial charge in [-0.05, 0) is 37.4 Å². The summed E-state index contributed by atoms with van der Waals surface area (Å²) < 4.78 is 5.55. The largest absolute Gasteiger partial charge is 0.381 e. The first-order valence-electron chi connectivity index (χ1n) is 6.93. The summed E-state index contributed by atoms with van der Waals surface area (Å²) in [4.78, 5) is 2.27. The Morgan fingerprint density at radius 1 is 1.47 bits per heavy atom. The highest BCUT2D eigenvalue weighted by Gasteiger charge is 2.18. The molecule has 1 heterocycles. The van der Waals surface area contributed by atoms with E-state index >= 15 is 0 Å². The van der Waals surface area contributed by atoms with E-state index in [1.165, 1.54) is 18.4 Å². The third kappa shape index (κ3) is 3.85. The molecule has 0 amide bonds. The summed E-state index contributed by atoms with van der Waals surface area (Å²) in [5, 5.41) is 4.03. The highest BCUT2D eigenvalue weighted by molar-refractivity contribution is 6.33. The summed E-state index contributed by atoms with van der Waals surface area (Å²) in [6.07, 6.45) is 2.42. The van der Waals surface area contributed by atoms with Gasteiger partial charge in [-0.1, -0.05) is 23.7 Å². The average molecular weight is 283 g/mol. The zero-order valence-corrected chi connectivity index (χ0v) is 12.5. The van der Waals surface area contributed by atoms with Gasteiger partial charge in [-0.15, -0.1) is 0 Å². The quantitative estimate of drug-likeness (QED) is 0.899. The Hall–Kier alpha value is -0.770. The van der Waals surface area contributed by atoms with Crippen LogP contribution in [0.25, 0.3) is 0 Å². The van der Waals surface area contributed by atoms with Crippen LogP contribution in [0.15, 0.2) is 18.2 Å². The van der Waals surface area contributed by atoms with Crippen molar-refractivity contribution in [2.24, 2.45) is 5.92 Å². The maximum atomic E-state index is 6.38. The first-order valence-corrected chi connectivity index (χ1v) is 7.31. The number of hydrogen-bond acceptors (Lipinski definition) is 3. The van der Waals surface area contributed by atoms with Gasteiger partial charge in [0.15, 0.2) is 0 Å². The number of nitrogens with one attached hydrogen (secondary N) is 1. The molecule has 0 saturated carbocycles. The van der Waals surface area contributed by atoms with Gasteiger partial charge in [0, 0.05) is 26.7 Å². The molecule has 0 radical (unpaired) electrons. The Kier molecular flexibility index (Phi) is 5.49. The molecule has 1 unspecified atom stereocenters. The van der Waals surface area contributed by atoms with Crippen molar-refractivity contribution in [1.82, 2.24) is 5.32 Å². The number of halogens is 1. The molecule has 19 heavy (non-hydrogen) atoms. The van der Waals surface area contributed by atoms with Gasteiger partial charge in [0.25, 0.3) is 0 Å². The van der Waals surface area contributed by atoms with E-state index in [0.717, 1.165) is 37.0 Å². The molecule has 0 aromatic heterocycles. The van der Waals surface area contributed by atoms with Gasteiger partial charge in [-0.3, -0.25) is 0 Å². The number of hydrogen-bond donors (Lipinski definition) is 1. The van der Waals surface area contributed by atoms with Crippen LogP contribution >= 0.6 is 11.6 Å². The molecule has 1 aromatic carbocycles. The molecule has 1 aliphatic heterocycles. The van der Waals surface area contributed by atoms with Crippen molar-refractivity contribution in [2.45, 2.75) is 19.4 Å². The summed E-state index contributed by atoms with van der Waals surface area (Å²) in [7, 11) is 4.08. The first kappa shape index (κ1) is 14.6. The Labute approximate surface area is 120 Å². The summed E-state index contributed by atoms with van der Waals surface area (Å²) >= 11 is 6.38. The summed E-state index contributed by atoms with van der Waals surface area (Å²) in [5.74, 6) is 0.609. The minimum absolute atomic E-state index is 0.609. The summed E-state index contributed by atoms with van der Waals surface area (Å²) in [6, 6.07) is 6.10. The highest BCUT2D eigenvalue weighted by Crippen LogP contribution is 2.30. The van der Waals surface area contributed by atoms with Crippen molar-refractivity contribution in [3.8, 4) is 0 Å². The molecule has 4 heteroatoms. The molecule has 1 saturated heterocycles. The van der Waals surface area contributed by atoms with Crippen LogP contribution in [0.1, 0.15) is 18.4 Å². The van der Waals surface area contributed by atoms with Crippen molar-refractivity contribution >= 4 is 17.3 Å². The van der Waals surface area contributed by atoms with Crippen LogP contribution in [0.2, 0.25) is 5.02 Å². The fourth-order valence-electron chi connectivity index (χ4n) is 2.75. The van der Waals surface area contributed by atoms with Crippen LogP contribution < -0.4 is 10.2 Å². The molecular weight excluding hydrogens is 260 g/mol.